The second-order valence-corrected chi connectivity index (χ2v) is 5.25. The Bertz CT molecular complexity index is 723. The van der Waals surface area contributed by atoms with E-state index in [0.29, 0.717) is 25.1 Å². The lowest BCUT2D eigenvalue weighted by Crippen LogP contribution is -2.02. The fourth-order valence-corrected chi connectivity index (χ4v) is 2.42. The van der Waals surface area contributed by atoms with Gasteiger partial charge in [-0.15, -0.1) is 0 Å². The molecule has 0 saturated carbocycles. The van der Waals surface area contributed by atoms with E-state index < -0.39 is 6.10 Å². The Morgan fingerprint density at radius 1 is 1.23 bits per heavy atom. The molecule has 0 amide bonds. The topological polar surface area (TPSA) is 77.6 Å². The minimum atomic E-state index is -0.679. The van der Waals surface area contributed by atoms with Gasteiger partial charge in [-0.3, -0.25) is 5.10 Å². The van der Waals surface area contributed by atoms with Crippen LogP contribution in [0.15, 0.2) is 42.9 Å². The van der Waals surface area contributed by atoms with Crippen molar-refractivity contribution in [2.75, 3.05) is 0 Å². The van der Waals surface area contributed by atoms with E-state index in [2.05, 4.69) is 20.2 Å². The molecule has 0 fully saturated rings. The summed E-state index contributed by atoms with van der Waals surface area (Å²) in [5, 5.41) is 16.4. The molecular weight excluding hydrogens is 283 g/mol. The van der Waals surface area contributed by atoms with Crippen molar-refractivity contribution in [3.8, 4) is 0 Å². The van der Waals surface area contributed by atoms with Gasteiger partial charge in [-0.25, -0.2) is 9.37 Å². The zero-order valence-electron chi connectivity index (χ0n) is 12.0. The van der Waals surface area contributed by atoms with Crippen LogP contribution in [-0.4, -0.2) is 25.3 Å². The Labute approximate surface area is 127 Å². The fourth-order valence-electron chi connectivity index (χ4n) is 2.42. The summed E-state index contributed by atoms with van der Waals surface area (Å²) in [5.41, 5.74) is 3.06. The van der Waals surface area contributed by atoms with Crippen LogP contribution < -0.4 is 0 Å². The number of rotatable bonds is 6. The molecule has 0 aliphatic heterocycles. The molecule has 3 rings (SSSR count). The van der Waals surface area contributed by atoms with Gasteiger partial charge in [0.15, 0.2) is 5.82 Å². The summed E-state index contributed by atoms with van der Waals surface area (Å²) in [6.07, 6.45) is 4.60. The van der Waals surface area contributed by atoms with E-state index in [1.807, 2.05) is 18.3 Å². The quantitative estimate of drug-likeness (QED) is 0.654. The molecule has 0 bridgehead atoms. The molecule has 2 aromatic heterocycles. The molecule has 22 heavy (non-hydrogen) atoms. The first kappa shape index (κ1) is 14.5. The molecule has 3 N–H and O–H groups in total. The fraction of sp³-hybridized carbons (Fsp3) is 0.250. The van der Waals surface area contributed by atoms with E-state index in [1.165, 1.54) is 12.4 Å². The van der Waals surface area contributed by atoms with Crippen molar-refractivity contribution < 1.29 is 9.50 Å². The summed E-state index contributed by atoms with van der Waals surface area (Å²) in [7, 11) is 0. The van der Waals surface area contributed by atoms with Crippen molar-refractivity contribution in [1.29, 1.82) is 0 Å². The van der Waals surface area contributed by atoms with Crippen LogP contribution in [0, 0.1) is 5.82 Å². The summed E-state index contributed by atoms with van der Waals surface area (Å²) < 4.78 is 13.2. The number of benzene rings is 1. The van der Waals surface area contributed by atoms with E-state index in [-0.39, 0.29) is 5.82 Å². The van der Waals surface area contributed by atoms with Gasteiger partial charge >= 0.3 is 0 Å². The second-order valence-electron chi connectivity index (χ2n) is 5.25. The summed E-state index contributed by atoms with van der Waals surface area (Å²) >= 11 is 0. The maximum atomic E-state index is 13.2. The molecular formula is C16H17FN4O. The van der Waals surface area contributed by atoms with Gasteiger partial charge in [0.2, 0.25) is 0 Å². The second kappa shape index (κ2) is 6.53. The maximum absolute atomic E-state index is 13.2. The zero-order chi connectivity index (χ0) is 15.4. The first-order valence-electron chi connectivity index (χ1n) is 7.15. The molecule has 0 saturated heterocycles. The number of hydrogen-bond donors (Lipinski definition) is 3. The smallest absolute Gasteiger partial charge is 0.178 e. The van der Waals surface area contributed by atoms with E-state index in [4.69, 9.17) is 0 Å². The van der Waals surface area contributed by atoms with Gasteiger partial charge in [0, 0.05) is 11.9 Å². The molecule has 0 aliphatic carbocycles. The highest BCUT2D eigenvalue weighted by molar-refractivity contribution is 5.27. The zero-order valence-corrected chi connectivity index (χ0v) is 12.0. The van der Waals surface area contributed by atoms with Crippen LogP contribution in [0.2, 0.25) is 0 Å². The van der Waals surface area contributed by atoms with Gasteiger partial charge in [-0.2, -0.15) is 5.10 Å². The Hall–Kier alpha value is -2.47. The SMILES string of the molecule is OC(CCc1cc(Cc2cccc(F)c2)c[nH]1)c1nc[nH]n1. The van der Waals surface area contributed by atoms with Crippen molar-refractivity contribution in [3.05, 3.63) is 71.3 Å². The van der Waals surface area contributed by atoms with Crippen molar-refractivity contribution in [1.82, 2.24) is 20.2 Å². The summed E-state index contributed by atoms with van der Waals surface area (Å²) in [6.45, 7) is 0. The van der Waals surface area contributed by atoms with E-state index in [1.54, 1.807) is 12.1 Å². The Balaban J connectivity index is 1.57. The Kier molecular flexibility index (Phi) is 4.29. The standard InChI is InChI=1S/C16H17FN4O/c17-13-3-1-2-11(7-13)6-12-8-14(18-9-12)4-5-15(22)16-19-10-20-21-16/h1-3,7-10,15,18,22H,4-6H2,(H,19,20,21). The predicted molar refractivity (Wildman–Crippen MR) is 79.7 cm³/mol. The third-order valence-electron chi connectivity index (χ3n) is 3.52. The number of hydrogen-bond acceptors (Lipinski definition) is 3. The van der Waals surface area contributed by atoms with Gasteiger partial charge in [0.05, 0.1) is 0 Å². The first-order chi connectivity index (χ1) is 10.7. The Morgan fingerprint density at radius 2 is 2.14 bits per heavy atom. The number of nitrogens with zero attached hydrogens (tertiary/aromatic N) is 2. The molecule has 2 heterocycles. The van der Waals surface area contributed by atoms with Crippen LogP contribution in [0.5, 0.6) is 0 Å². The van der Waals surface area contributed by atoms with Gasteiger partial charge in [0.1, 0.15) is 18.2 Å². The molecule has 0 aliphatic rings. The van der Waals surface area contributed by atoms with Crippen molar-refractivity contribution in [3.63, 3.8) is 0 Å². The highest BCUT2D eigenvalue weighted by Gasteiger charge is 2.12. The number of aliphatic hydroxyl groups excluding tert-OH is 1. The van der Waals surface area contributed by atoms with Crippen LogP contribution in [0.25, 0.3) is 0 Å². The number of H-pyrrole nitrogens is 2. The van der Waals surface area contributed by atoms with Gasteiger partial charge in [0.25, 0.3) is 0 Å². The summed E-state index contributed by atoms with van der Waals surface area (Å²) in [6, 6.07) is 8.64. The number of aliphatic hydroxyl groups is 1. The number of nitrogens with one attached hydrogen (secondary N) is 2. The molecule has 1 unspecified atom stereocenters. The van der Waals surface area contributed by atoms with Crippen LogP contribution >= 0.6 is 0 Å². The third-order valence-corrected chi connectivity index (χ3v) is 3.52. The molecule has 1 atom stereocenters. The molecule has 5 nitrogen and oxygen atoms in total. The van der Waals surface area contributed by atoms with Gasteiger partial charge in [-0.1, -0.05) is 12.1 Å². The lowest BCUT2D eigenvalue weighted by atomic mass is 10.1. The third kappa shape index (κ3) is 3.59. The molecule has 3 aromatic rings. The predicted octanol–water partition coefficient (Wildman–Crippen LogP) is 2.53. The molecule has 6 heteroatoms. The van der Waals surface area contributed by atoms with Crippen LogP contribution in [-0.2, 0) is 12.8 Å². The van der Waals surface area contributed by atoms with Crippen LogP contribution in [0.3, 0.4) is 0 Å². The van der Waals surface area contributed by atoms with E-state index in [0.717, 1.165) is 16.8 Å². The first-order valence-corrected chi connectivity index (χ1v) is 7.15. The molecule has 1 aromatic carbocycles. The molecule has 0 radical (unpaired) electrons. The molecule has 114 valence electrons. The maximum Gasteiger partial charge on any atom is 0.178 e. The monoisotopic (exact) mass is 300 g/mol. The van der Waals surface area contributed by atoms with Gasteiger partial charge < -0.3 is 10.1 Å². The number of aromatic nitrogens is 4. The largest absolute Gasteiger partial charge is 0.385 e. The number of halogens is 1. The number of aromatic amines is 2. The highest BCUT2D eigenvalue weighted by Crippen LogP contribution is 2.17. The summed E-state index contributed by atoms with van der Waals surface area (Å²) in [4.78, 5) is 7.12. The Morgan fingerprint density at radius 3 is 2.91 bits per heavy atom. The van der Waals surface area contributed by atoms with Crippen LogP contribution in [0.1, 0.15) is 35.2 Å². The van der Waals surface area contributed by atoms with Crippen molar-refractivity contribution in [2.45, 2.75) is 25.4 Å². The lowest BCUT2D eigenvalue weighted by molar-refractivity contribution is 0.158. The summed E-state index contributed by atoms with van der Waals surface area (Å²) in [5.74, 6) is 0.189. The average Bonchev–Trinajstić information content (AvgIpc) is 3.16. The normalized spacial score (nSPS) is 12.5. The lowest BCUT2D eigenvalue weighted by Gasteiger charge is -2.04. The van der Waals surface area contributed by atoms with E-state index >= 15 is 0 Å². The molecule has 0 spiro atoms. The van der Waals surface area contributed by atoms with Crippen molar-refractivity contribution >= 4 is 0 Å². The minimum Gasteiger partial charge on any atom is -0.385 e. The van der Waals surface area contributed by atoms with Crippen molar-refractivity contribution in [2.24, 2.45) is 0 Å². The van der Waals surface area contributed by atoms with E-state index in [9.17, 15) is 9.50 Å². The highest BCUT2D eigenvalue weighted by atomic mass is 19.1. The number of aryl methyl sites for hydroxylation is 1. The average molecular weight is 300 g/mol. The van der Waals surface area contributed by atoms with Crippen LogP contribution in [0.4, 0.5) is 4.39 Å². The van der Waals surface area contributed by atoms with Gasteiger partial charge in [-0.05, 0) is 48.6 Å². The minimum absolute atomic E-state index is 0.220.